The van der Waals surface area contributed by atoms with Crippen molar-refractivity contribution in [2.24, 2.45) is 0 Å². The van der Waals surface area contributed by atoms with Crippen molar-refractivity contribution >= 4 is 21.6 Å². The second-order valence-corrected chi connectivity index (χ2v) is 8.49. The van der Waals surface area contributed by atoms with Crippen LogP contribution in [0.4, 0.5) is 5.69 Å². The monoisotopic (exact) mass is 404 g/mol. The third-order valence-corrected chi connectivity index (χ3v) is 6.55. The van der Waals surface area contributed by atoms with E-state index >= 15 is 0 Å². The Labute approximate surface area is 165 Å². The lowest BCUT2D eigenvalue weighted by Crippen LogP contribution is -2.35. The van der Waals surface area contributed by atoms with E-state index in [4.69, 9.17) is 9.47 Å². The zero-order valence-electron chi connectivity index (χ0n) is 16.0. The van der Waals surface area contributed by atoms with Gasteiger partial charge in [0.05, 0.1) is 19.1 Å². The minimum atomic E-state index is -3.56. The maximum Gasteiger partial charge on any atom is 0.255 e. The van der Waals surface area contributed by atoms with E-state index in [0.717, 1.165) is 19.3 Å². The van der Waals surface area contributed by atoms with Crippen molar-refractivity contribution in [2.45, 2.75) is 24.2 Å². The molecule has 0 unspecified atom stereocenters. The average molecular weight is 404 g/mol. The summed E-state index contributed by atoms with van der Waals surface area (Å²) in [5.74, 6) is 0.599. The Morgan fingerprint density at radius 3 is 2.21 bits per heavy atom. The van der Waals surface area contributed by atoms with E-state index in [-0.39, 0.29) is 10.8 Å². The van der Waals surface area contributed by atoms with E-state index in [0.29, 0.717) is 35.8 Å². The highest BCUT2D eigenvalue weighted by Gasteiger charge is 2.26. The number of nitrogens with zero attached hydrogens (tertiary/aromatic N) is 1. The molecule has 0 saturated carbocycles. The van der Waals surface area contributed by atoms with Crippen molar-refractivity contribution in [3.63, 3.8) is 0 Å². The summed E-state index contributed by atoms with van der Waals surface area (Å²) < 4.78 is 37.6. The van der Waals surface area contributed by atoms with Gasteiger partial charge in [0, 0.05) is 30.4 Å². The summed E-state index contributed by atoms with van der Waals surface area (Å²) in [6.07, 6.45) is 2.78. The minimum Gasteiger partial charge on any atom is -0.497 e. The zero-order chi connectivity index (χ0) is 20.1. The van der Waals surface area contributed by atoms with Crippen molar-refractivity contribution in [2.75, 3.05) is 32.6 Å². The highest BCUT2D eigenvalue weighted by Crippen LogP contribution is 2.25. The second kappa shape index (κ2) is 8.62. The van der Waals surface area contributed by atoms with Crippen molar-refractivity contribution in [3.8, 4) is 11.5 Å². The highest BCUT2D eigenvalue weighted by molar-refractivity contribution is 7.89. The first-order valence-electron chi connectivity index (χ1n) is 9.08. The Hall–Kier alpha value is -2.58. The lowest BCUT2D eigenvalue weighted by atomic mass is 10.2. The van der Waals surface area contributed by atoms with Crippen LogP contribution in [0.25, 0.3) is 0 Å². The molecule has 1 amide bonds. The van der Waals surface area contributed by atoms with Gasteiger partial charge in [-0.15, -0.1) is 0 Å². The standard InChI is InChI=1S/C20H24N2O5S/c1-26-17-11-15(12-18(14-17)27-2)20(23)21-16-7-6-8-19(13-16)28(24,25)22-9-4-3-5-10-22/h6-8,11-14H,3-5,9-10H2,1-2H3,(H,21,23). The van der Waals surface area contributed by atoms with Gasteiger partial charge in [-0.2, -0.15) is 4.31 Å². The molecule has 0 spiro atoms. The molecule has 1 aliphatic heterocycles. The molecule has 2 aromatic rings. The van der Waals surface area contributed by atoms with Crippen molar-refractivity contribution in [1.82, 2.24) is 4.31 Å². The fourth-order valence-electron chi connectivity index (χ4n) is 3.13. The summed E-state index contributed by atoms with van der Waals surface area (Å²) in [5, 5.41) is 2.74. The smallest absolute Gasteiger partial charge is 0.255 e. The van der Waals surface area contributed by atoms with E-state index in [1.165, 1.54) is 24.6 Å². The third kappa shape index (κ3) is 4.45. The summed E-state index contributed by atoms with van der Waals surface area (Å²) in [7, 11) is -0.554. The molecule has 28 heavy (non-hydrogen) atoms. The average Bonchev–Trinajstić information content (AvgIpc) is 2.74. The van der Waals surface area contributed by atoms with E-state index < -0.39 is 10.0 Å². The predicted octanol–water partition coefficient (Wildman–Crippen LogP) is 3.13. The Morgan fingerprint density at radius 1 is 0.964 bits per heavy atom. The fourth-order valence-corrected chi connectivity index (χ4v) is 4.69. The van der Waals surface area contributed by atoms with Gasteiger partial charge in [0.15, 0.2) is 0 Å². The van der Waals surface area contributed by atoms with Crippen molar-refractivity contribution in [1.29, 1.82) is 0 Å². The first kappa shape index (κ1) is 20.2. The summed E-state index contributed by atoms with van der Waals surface area (Å²) in [5.41, 5.74) is 0.755. The van der Waals surface area contributed by atoms with Crippen LogP contribution in [0.15, 0.2) is 47.4 Å². The molecule has 0 aromatic heterocycles. The maximum atomic E-state index is 12.8. The molecule has 1 saturated heterocycles. The Kier molecular flexibility index (Phi) is 6.21. The Balaban J connectivity index is 1.82. The number of methoxy groups -OCH3 is 2. The molecule has 8 heteroatoms. The van der Waals surface area contributed by atoms with Crippen molar-refractivity contribution < 1.29 is 22.7 Å². The SMILES string of the molecule is COc1cc(OC)cc(C(=O)Nc2cccc(S(=O)(=O)N3CCCCC3)c2)c1. The molecular formula is C20H24N2O5S. The molecule has 7 nitrogen and oxygen atoms in total. The van der Waals surface area contributed by atoms with Crippen LogP contribution in [0, 0.1) is 0 Å². The summed E-state index contributed by atoms with van der Waals surface area (Å²) in [4.78, 5) is 12.8. The van der Waals surface area contributed by atoms with Crippen LogP contribution in [-0.4, -0.2) is 45.9 Å². The van der Waals surface area contributed by atoms with Crippen LogP contribution in [0.2, 0.25) is 0 Å². The molecule has 0 aliphatic carbocycles. The largest absolute Gasteiger partial charge is 0.497 e. The first-order valence-corrected chi connectivity index (χ1v) is 10.5. The van der Waals surface area contributed by atoms with Gasteiger partial charge in [0.2, 0.25) is 10.0 Å². The Morgan fingerprint density at radius 2 is 1.61 bits per heavy atom. The predicted molar refractivity (Wildman–Crippen MR) is 107 cm³/mol. The van der Waals surface area contributed by atoms with Crippen molar-refractivity contribution in [3.05, 3.63) is 48.0 Å². The van der Waals surface area contributed by atoms with E-state index in [2.05, 4.69) is 5.32 Å². The van der Waals surface area contributed by atoms with Crippen LogP contribution >= 0.6 is 0 Å². The van der Waals surface area contributed by atoms with Crippen LogP contribution < -0.4 is 14.8 Å². The van der Waals surface area contributed by atoms with Crippen LogP contribution in [0.1, 0.15) is 29.6 Å². The van der Waals surface area contributed by atoms with E-state index in [9.17, 15) is 13.2 Å². The number of benzene rings is 2. The van der Waals surface area contributed by atoms with E-state index in [1.54, 1.807) is 36.4 Å². The molecule has 1 N–H and O–H groups in total. The topological polar surface area (TPSA) is 84.9 Å². The van der Waals surface area contributed by atoms with Gasteiger partial charge in [-0.25, -0.2) is 8.42 Å². The summed E-state index contributed by atoms with van der Waals surface area (Å²) in [6, 6.07) is 11.2. The number of sulfonamides is 1. The molecular weight excluding hydrogens is 380 g/mol. The van der Waals surface area contributed by atoms with Crippen LogP contribution in [0.3, 0.4) is 0 Å². The zero-order valence-corrected chi connectivity index (χ0v) is 16.8. The minimum absolute atomic E-state index is 0.176. The molecule has 1 fully saturated rings. The number of carbonyl (C=O) groups excluding carboxylic acids is 1. The van der Waals surface area contributed by atoms with Gasteiger partial charge in [-0.05, 0) is 43.2 Å². The number of carbonyl (C=O) groups is 1. The maximum absolute atomic E-state index is 12.8. The quantitative estimate of drug-likeness (QED) is 0.800. The number of anilines is 1. The lowest BCUT2D eigenvalue weighted by Gasteiger charge is -2.26. The number of nitrogens with one attached hydrogen (secondary N) is 1. The highest BCUT2D eigenvalue weighted by atomic mass is 32.2. The molecule has 3 rings (SSSR count). The lowest BCUT2D eigenvalue weighted by molar-refractivity contribution is 0.102. The summed E-state index contributed by atoms with van der Waals surface area (Å²) >= 11 is 0. The van der Waals surface area contributed by atoms with Gasteiger partial charge >= 0.3 is 0 Å². The number of hydrogen-bond acceptors (Lipinski definition) is 5. The van der Waals surface area contributed by atoms with Gasteiger partial charge in [0.25, 0.3) is 5.91 Å². The normalized spacial score (nSPS) is 15.1. The molecule has 0 atom stereocenters. The van der Waals surface area contributed by atoms with Gasteiger partial charge < -0.3 is 14.8 Å². The molecule has 0 radical (unpaired) electrons. The second-order valence-electron chi connectivity index (χ2n) is 6.55. The number of hydrogen-bond donors (Lipinski definition) is 1. The van der Waals surface area contributed by atoms with Crippen LogP contribution in [0.5, 0.6) is 11.5 Å². The van der Waals surface area contributed by atoms with Gasteiger partial charge in [0.1, 0.15) is 11.5 Å². The number of rotatable bonds is 6. The molecule has 150 valence electrons. The molecule has 1 heterocycles. The van der Waals surface area contributed by atoms with Crippen LogP contribution in [-0.2, 0) is 10.0 Å². The molecule has 0 bridgehead atoms. The number of ether oxygens (including phenoxy) is 2. The number of piperidine rings is 1. The van der Waals surface area contributed by atoms with Gasteiger partial charge in [-0.3, -0.25) is 4.79 Å². The van der Waals surface area contributed by atoms with Gasteiger partial charge in [-0.1, -0.05) is 12.5 Å². The summed E-state index contributed by atoms with van der Waals surface area (Å²) in [6.45, 7) is 1.06. The third-order valence-electron chi connectivity index (χ3n) is 4.66. The molecule has 1 aliphatic rings. The fraction of sp³-hybridized carbons (Fsp3) is 0.350. The first-order chi connectivity index (χ1) is 13.4. The van der Waals surface area contributed by atoms with E-state index in [1.807, 2.05) is 0 Å². The molecule has 2 aromatic carbocycles. The number of amides is 1. The Bertz CT molecular complexity index is 931.